The van der Waals surface area contributed by atoms with Crippen molar-refractivity contribution >= 4 is 16.7 Å². The normalized spacial score (nSPS) is 14.4. The van der Waals surface area contributed by atoms with Crippen molar-refractivity contribution < 1.29 is 14.3 Å². The van der Waals surface area contributed by atoms with E-state index in [0.29, 0.717) is 28.0 Å². The van der Waals surface area contributed by atoms with E-state index in [2.05, 4.69) is 15.5 Å². The average molecular weight is 379 g/mol. The topological polar surface area (TPSA) is 93.3 Å². The number of benzene rings is 2. The highest BCUT2D eigenvalue weighted by molar-refractivity contribution is 5.84. The maximum Gasteiger partial charge on any atom is 0.272 e. The number of nitrogens with zero attached hydrogens (tertiary/aromatic N) is 1. The van der Waals surface area contributed by atoms with Crippen LogP contribution in [0.3, 0.4) is 0 Å². The molecule has 0 aliphatic carbocycles. The Morgan fingerprint density at radius 2 is 2.00 bits per heavy atom. The first-order valence-corrected chi connectivity index (χ1v) is 9.10. The van der Waals surface area contributed by atoms with E-state index < -0.39 is 0 Å². The molecule has 1 aliphatic heterocycles. The summed E-state index contributed by atoms with van der Waals surface area (Å²) in [7, 11) is 0. The third-order valence-corrected chi connectivity index (χ3v) is 4.64. The van der Waals surface area contributed by atoms with Crippen LogP contribution in [0.4, 0.5) is 0 Å². The highest BCUT2D eigenvalue weighted by atomic mass is 16.5. The van der Waals surface area contributed by atoms with E-state index in [1.54, 1.807) is 18.2 Å². The Balaban J connectivity index is 1.40. The summed E-state index contributed by atoms with van der Waals surface area (Å²) in [6, 6.07) is 12.8. The lowest BCUT2D eigenvalue weighted by Crippen LogP contribution is -2.29. The molecule has 0 radical (unpaired) electrons. The van der Waals surface area contributed by atoms with Crippen molar-refractivity contribution in [2.24, 2.45) is 0 Å². The van der Waals surface area contributed by atoms with Crippen LogP contribution in [0, 0.1) is 0 Å². The summed E-state index contributed by atoms with van der Waals surface area (Å²) in [5, 5.41) is 10.5. The van der Waals surface area contributed by atoms with E-state index >= 15 is 0 Å². The molecule has 2 heterocycles. The lowest BCUT2D eigenvalue weighted by atomic mass is 10.0. The number of nitrogens with one attached hydrogen (secondary N) is 2. The zero-order valence-corrected chi connectivity index (χ0v) is 15.7. The number of ether oxygens (including phenoxy) is 2. The largest absolute Gasteiger partial charge is 0.483 e. The van der Waals surface area contributed by atoms with Crippen LogP contribution < -0.4 is 20.3 Å². The third-order valence-electron chi connectivity index (χ3n) is 4.64. The number of amides is 1. The van der Waals surface area contributed by atoms with Crippen LogP contribution in [0.1, 0.15) is 25.1 Å². The van der Waals surface area contributed by atoms with Crippen LogP contribution in [-0.2, 0) is 17.8 Å². The van der Waals surface area contributed by atoms with E-state index in [1.807, 2.05) is 38.1 Å². The van der Waals surface area contributed by atoms with Gasteiger partial charge in [0.25, 0.3) is 11.5 Å². The average Bonchev–Trinajstić information content (AvgIpc) is 3.00. The maximum atomic E-state index is 12.2. The van der Waals surface area contributed by atoms with Gasteiger partial charge in [-0.25, -0.2) is 5.10 Å². The zero-order chi connectivity index (χ0) is 19.7. The van der Waals surface area contributed by atoms with E-state index in [1.165, 1.54) is 0 Å². The SMILES string of the molecule is CC1(C)Cc2cccc(OCC(=O)NCc3n[nH]c(=O)c4ccccc34)c2O1. The second kappa shape index (κ2) is 6.99. The van der Waals surface area contributed by atoms with Gasteiger partial charge in [0.2, 0.25) is 0 Å². The van der Waals surface area contributed by atoms with E-state index in [9.17, 15) is 9.59 Å². The quantitative estimate of drug-likeness (QED) is 0.710. The molecule has 1 amide bonds. The van der Waals surface area contributed by atoms with Gasteiger partial charge in [0.15, 0.2) is 18.1 Å². The van der Waals surface area contributed by atoms with Crippen molar-refractivity contribution in [3.63, 3.8) is 0 Å². The summed E-state index contributed by atoms with van der Waals surface area (Å²) in [4.78, 5) is 24.1. The highest BCUT2D eigenvalue weighted by Crippen LogP contribution is 2.41. The first-order valence-electron chi connectivity index (χ1n) is 9.10. The first-order chi connectivity index (χ1) is 13.4. The minimum absolute atomic E-state index is 0.137. The van der Waals surface area contributed by atoms with Crippen LogP contribution in [0.25, 0.3) is 10.8 Å². The van der Waals surface area contributed by atoms with Crippen LogP contribution in [0.15, 0.2) is 47.3 Å². The van der Waals surface area contributed by atoms with Gasteiger partial charge in [0.05, 0.1) is 17.6 Å². The number of hydrogen-bond acceptors (Lipinski definition) is 5. The third kappa shape index (κ3) is 3.55. The van der Waals surface area contributed by atoms with Gasteiger partial charge in [-0.1, -0.05) is 30.3 Å². The molecule has 2 N–H and O–H groups in total. The summed E-state index contributed by atoms with van der Waals surface area (Å²) < 4.78 is 11.6. The summed E-state index contributed by atoms with van der Waals surface area (Å²) in [6.45, 7) is 4.09. The molecule has 0 unspecified atom stereocenters. The number of rotatable bonds is 5. The molecule has 0 atom stereocenters. The molecule has 0 saturated heterocycles. The second-order valence-corrected chi connectivity index (χ2v) is 7.39. The Morgan fingerprint density at radius 3 is 2.82 bits per heavy atom. The predicted molar refractivity (Wildman–Crippen MR) is 105 cm³/mol. The van der Waals surface area contributed by atoms with Gasteiger partial charge in [-0.15, -0.1) is 0 Å². The molecule has 28 heavy (non-hydrogen) atoms. The number of para-hydroxylation sites is 1. The van der Waals surface area contributed by atoms with Gasteiger partial charge >= 0.3 is 0 Å². The molecule has 0 saturated carbocycles. The van der Waals surface area contributed by atoms with Crippen molar-refractivity contribution in [2.45, 2.75) is 32.4 Å². The number of carbonyl (C=O) groups is 1. The fourth-order valence-corrected chi connectivity index (χ4v) is 3.38. The number of fused-ring (bicyclic) bond motifs is 2. The summed E-state index contributed by atoms with van der Waals surface area (Å²) >= 11 is 0. The number of carbonyl (C=O) groups excluding carboxylic acids is 1. The van der Waals surface area contributed by atoms with Gasteiger partial charge in [0.1, 0.15) is 5.60 Å². The van der Waals surface area contributed by atoms with Crippen LogP contribution in [-0.4, -0.2) is 28.3 Å². The Bertz CT molecular complexity index is 1100. The summed E-state index contributed by atoms with van der Waals surface area (Å²) in [5.41, 5.74) is 1.14. The maximum absolute atomic E-state index is 12.2. The smallest absolute Gasteiger partial charge is 0.272 e. The minimum atomic E-state index is -0.285. The molecule has 2 aromatic carbocycles. The monoisotopic (exact) mass is 379 g/mol. The fraction of sp³-hybridized carbons (Fsp3) is 0.286. The van der Waals surface area contributed by atoms with Crippen LogP contribution in [0.5, 0.6) is 11.5 Å². The highest BCUT2D eigenvalue weighted by Gasteiger charge is 2.32. The lowest BCUT2D eigenvalue weighted by Gasteiger charge is -2.18. The van der Waals surface area contributed by atoms with Gasteiger partial charge in [-0.3, -0.25) is 9.59 Å². The van der Waals surface area contributed by atoms with Gasteiger partial charge < -0.3 is 14.8 Å². The molecule has 4 rings (SSSR count). The number of aromatic amines is 1. The lowest BCUT2D eigenvalue weighted by molar-refractivity contribution is -0.123. The molecule has 144 valence electrons. The molecule has 1 aromatic heterocycles. The first kappa shape index (κ1) is 18.0. The molecular formula is C21H21N3O4. The zero-order valence-electron chi connectivity index (χ0n) is 15.7. The standard InChI is InChI=1S/C21H21N3O4/c1-21(2)10-13-6-5-9-17(19(13)28-21)27-12-18(25)22-11-16-14-7-3-4-8-15(14)20(26)24-23-16/h3-9H,10-12H2,1-2H3,(H,22,25)(H,24,26). The van der Waals surface area contributed by atoms with Crippen LogP contribution in [0.2, 0.25) is 0 Å². The van der Waals surface area contributed by atoms with Crippen LogP contribution >= 0.6 is 0 Å². The number of H-pyrrole nitrogens is 1. The van der Waals surface area contributed by atoms with Crippen molar-refractivity contribution in [2.75, 3.05) is 6.61 Å². The fourth-order valence-electron chi connectivity index (χ4n) is 3.38. The minimum Gasteiger partial charge on any atom is -0.483 e. The molecule has 1 aliphatic rings. The molecular weight excluding hydrogens is 358 g/mol. The summed E-state index contributed by atoms with van der Waals surface area (Å²) in [6.07, 6.45) is 0.802. The van der Waals surface area contributed by atoms with Crippen molar-refractivity contribution in [3.8, 4) is 11.5 Å². The molecule has 7 heteroatoms. The second-order valence-electron chi connectivity index (χ2n) is 7.39. The molecule has 0 spiro atoms. The van der Waals surface area contributed by atoms with Crippen molar-refractivity contribution in [1.29, 1.82) is 0 Å². The van der Waals surface area contributed by atoms with Gasteiger partial charge in [-0.05, 0) is 26.0 Å². The van der Waals surface area contributed by atoms with Crippen molar-refractivity contribution in [3.05, 3.63) is 64.1 Å². The van der Waals surface area contributed by atoms with E-state index in [0.717, 1.165) is 12.0 Å². The molecule has 3 aromatic rings. The number of hydrogen-bond donors (Lipinski definition) is 2. The van der Waals surface area contributed by atoms with Gasteiger partial charge in [0, 0.05) is 17.4 Å². The van der Waals surface area contributed by atoms with Crippen molar-refractivity contribution in [1.82, 2.24) is 15.5 Å². The van der Waals surface area contributed by atoms with E-state index in [-0.39, 0.29) is 30.2 Å². The summed E-state index contributed by atoms with van der Waals surface area (Å²) in [5.74, 6) is 0.978. The van der Waals surface area contributed by atoms with Gasteiger partial charge in [-0.2, -0.15) is 5.10 Å². The molecule has 0 bridgehead atoms. The Hall–Kier alpha value is -3.35. The predicted octanol–water partition coefficient (Wildman–Crippen LogP) is 2.33. The molecule has 7 nitrogen and oxygen atoms in total. The Morgan fingerprint density at radius 1 is 1.21 bits per heavy atom. The van der Waals surface area contributed by atoms with E-state index in [4.69, 9.17) is 9.47 Å². The Kier molecular flexibility index (Phi) is 4.50. The number of aromatic nitrogens is 2. The Labute approximate surface area is 161 Å². The molecule has 0 fully saturated rings.